The summed E-state index contributed by atoms with van der Waals surface area (Å²) in [6, 6.07) is 10.4. The van der Waals surface area contributed by atoms with Crippen LogP contribution in [0.2, 0.25) is 0 Å². The molecule has 3 rings (SSSR count). The van der Waals surface area contributed by atoms with E-state index in [4.69, 9.17) is 4.74 Å². The number of carboxylic acid groups (broad SMARTS) is 1. The highest BCUT2D eigenvalue weighted by atomic mass is 16.6. The Kier molecular flexibility index (Phi) is 5.00. The molecule has 0 aromatic heterocycles. The molecule has 1 saturated carbocycles. The van der Waals surface area contributed by atoms with Crippen molar-refractivity contribution in [3.63, 3.8) is 0 Å². The van der Waals surface area contributed by atoms with Gasteiger partial charge in [0, 0.05) is 18.5 Å². The van der Waals surface area contributed by atoms with E-state index in [2.05, 4.69) is 24.3 Å². The minimum Gasteiger partial charge on any atom is -0.481 e. The van der Waals surface area contributed by atoms with Crippen LogP contribution in [0.25, 0.3) is 0 Å². The van der Waals surface area contributed by atoms with Crippen molar-refractivity contribution in [2.24, 2.45) is 11.3 Å². The third-order valence-electron chi connectivity index (χ3n) is 5.85. The first-order valence-electron chi connectivity index (χ1n) is 9.46. The Balaban J connectivity index is 1.72. The Bertz CT molecular complexity index is 656. The highest BCUT2D eigenvalue weighted by molar-refractivity contribution is 5.75. The van der Waals surface area contributed by atoms with E-state index in [0.717, 1.165) is 25.7 Å². The zero-order valence-electron chi connectivity index (χ0n) is 15.9. The Morgan fingerprint density at radius 1 is 1.15 bits per heavy atom. The molecule has 142 valence electrons. The van der Waals surface area contributed by atoms with Crippen molar-refractivity contribution in [2.45, 2.75) is 58.0 Å². The Hall–Kier alpha value is -2.04. The molecule has 26 heavy (non-hydrogen) atoms. The molecular weight excluding hydrogens is 330 g/mol. The van der Waals surface area contributed by atoms with Crippen LogP contribution in [0.3, 0.4) is 0 Å². The monoisotopic (exact) mass is 359 g/mol. The summed E-state index contributed by atoms with van der Waals surface area (Å²) < 4.78 is 5.47. The fraction of sp³-hybridized carbons (Fsp3) is 0.619. The lowest BCUT2D eigenvalue weighted by atomic mass is 9.64. The first-order valence-corrected chi connectivity index (χ1v) is 9.46. The summed E-state index contributed by atoms with van der Waals surface area (Å²) in [6.45, 7) is 6.23. The number of amides is 1. The van der Waals surface area contributed by atoms with E-state index in [1.807, 2.05) is 26.8 Å². The Morgan fingerprint density at radius 3 is 2.31 bits per heavy atom. The zero-order chi connectivity index (χ0) is 18.9. The van der Waals surface area contributed by atoms with Crippen LogP contribution in [0.5, 0.6) is 0 Å². The van der Waals surface area contributed by atoms with Crippen molar-refractivity contribution in [1.29, 1.82) is 0 Å². The van der Waals surface area contributed by atoms with Crippen LogP contribution in [-0.4, -0.2) is 40.8 Å². The lowest BCUT2D eigenvalue weighted by Crippen LogP contribution is -2.39. The van der Waals surface area contributed by atoms with Gasteiger partial charge in [-0.25, -0.2) is 4.79 Å². The molecule has 5 nitrogen and oxygen atoms in total. The van der Waals surface area contributed by atoms with Crippen LogP contribution < -0.4 is 0 Å². The maximum atomic E-state index is 12.5. The highest BCUT2D eigenvalue weighted by Crippen LogP contribution is 2.51. The molecule has 2 fully saturated rings. The van der Waals surface area contributed by atoms with Gasteiger partial charge in [0.2, 0.25) is 0 Å². The number of carbonyl (C=O) groups is 2. The van der Waals surface area contributed by atoms with Gasteiger partial charge in [0.1, 0.15) is 5.60 Å². The van der Waals surface area contributed by atoms with Gasteiger partial charge in [-0.1, -0.05) is 30.3 Å². The minimum atomic E-state index is -0.797. The number of benzene rings is 1. The van der Waals surface area contributed by atoms with Crippen LogP contribution in [0, 0.1) is 11.3 Å². The second kappa shape index (κ2) is 6.93. The number of rotatable bonds is 2. The van der Waals surface area contributed by atoms with Crippen LogP contribution in [0.4, 0.5) is 4.79 Å². The molecule has 1 atom stereocenters. The molecule has 1 amide bonds. The van der Waals surface area contributed by atoms with Gasteiger partial charge in [-0.15, -0.1) is 0 Å². The number of aliphatic carboxylic acids is 1. The van der Waals surface area contributed by atoms with Gasteiger partial charge in [0.15, 0.2) is 0 Å². The van der Waals surface area contributed by atoms with Crippen molar-refractivity contribution in [2.75, 3.05) is 13.1 Å². The van der Waals surface area contributed by atoms with Gasteiger partial charge in [0.05, 0.1) is 5.92 Å². The first kappa shape index (κ1) is 18.7. The smallest absolute Gasteiger partial charge is 0.410 e. The van der Waals surface area contributed by atoms with Gasteiger partial charge >= 0.3 is 12.1 Å². The fourth-order valence-electron chi connectivity index (χ4n) is 4.53. The molecule has 1 aromatic carbocycles. The van der Waals surface area contributed by atoms with Gasteiger partial charge in [0.25, 0.3) is 0 Å². The molecule has 1 aromatic rings. The molecule has 1 N–H and O–H groups in total. The standard InChI is InChI=1S/C21H29NO4/c1-20(2,3)26-19(25)22-13-17(18(23)24)21(14-22)11-9-16(10-12-21)15-7-5-4-6-8-15/h4-8,16-17H,9-14H2,1-3H3,(H,23,24). The van der Waals surface area contributed by atoms with Crippen LogP contribution in [0.15, 0.2) is 30.3 Å². The molecule has 5 heteroatoms. The van der Waals surface area contributed by atoms with Crippen LogP contribution in [-0.2, 0) is 9.53 Å². The maximum Gasteiger partial charge on any atom is 0.410 e. The van der Waals surface area contributed by atoms with Crippen molar-refractivity contribution >= 4 is 12.1 Å². The van der Waals surface area contributed by atoms with Crippen molar-refractivity contribution < 1.29 is 19.4 Å². The molecule has 0 bridgehead atoms. The summed E-state index contributed by atoms with van der Waals surface area (Å²) in [4.78, 5) is 26.0. The molecule has 1 aliphatic heterocycles. The van der Waals surface area contributed by atoms with Crippen molar-refractivity contribution in [3.05, 3.63) is 35.9 Å². The first-order chi connectivity index (χ1) is 12.2. The van der Waals surface area contributed by atoms with Crippen molar-refractivity contribution in [1.82, 2.24) is 4.90 Å². The zero-order valence-corrected chi connectivity index (χ0v) is 15.9. The normalized spacial score (nSPS) is 29.0. The Morgan fingerprint density at radius 2 is 1.77 bits per heavy atom. The highest BCUT2D eigenvalue weighted by Gasteiger charge is 2.53. The summed E-state index contributed by atoms with van der Waals surface area (Å²) in [6.07, 6.45) is 3.21. The van der Waals surface area contributed by atoms with E-state index < -0.39 is 23.6 Å². The summed E-state index contributed by atoms with van der Waals surface area (Å²) in [5.41, 5.74) is 0.432. The topological polar surface area (TPSA) is 66.8 Å². The quantitative estimate of drug-likeness (QED) is 0.856. The van der Waals surface area contributed by atoms with Crippen LogP contribution in [0.1, 0.15) is 57.9 Å². The van der Waals surface area contributed by atoms with Gasteiger partial charge in [-0.2, -0.15) is 0 Å². The second-order valence-electron chi connectivity index (χ2n) is 8.80. The summed E-state index contributed by atoms with van der Waals surface area (Å²) in [5, 5.41) is 9.77. The molecule has 2 aliphatic rings. The second-order valence-corrected chi connectivity index (χ2v) is 8.80. The molecule has 1 heterocycles. The lowest BCUT2D eigenvalue weighted by Gasteiger charge is -2.39. The average molecular weight is 359 g/mol. The molecule has 1 spiro atoms. The summed E-state index contributed by atoms with van der Waals surface area (Å²) in [5.74, 6) is -0.826. The van der Waals surface area contributed by atoms with E-state index in [1.165, 1.54) is 5.56 Å². The van der Waals surface area contributed by atoms with Crippen molar-refractivity contribution in [3.8, 4) is 0 Å². The minimum absolute atomic E-state index is 0.250. The number of carboxylic acids is 1. The number of hydrogen-bond donors (Lipinski definition) is 1. The van der Waals surface area contributed by atoms with Gasteiger partial charge in [-0.05, 0) is 57.9 Å². The molecular formula is C21H29NO4. The predicted octanol–water partition coefficient (Wildman–Crippen LogP) is 4.28. The fourth-order valence-corrected chi connectivity index (χ4v) is 4.53. The van der Waals surface area contributed by atoms with Crippen LogP contribution >= 0.6 is 0 Å². The lowest BCUT2D eigenvalue weighted by molar-refractivity contribution is -0.145. The van der Waals surface area contributed by atoms with Gasteiger partial charge < -0.3 is 14.7 Å². The van der Waals surface area contributed by atoms with Gasteiger partial charge in [-0.3, -0.25) is 4.79 Å². The average Bonchev–Trinajstić information content (AvgIpc) is 2.94. The molecule has 1 aliphatic carbocycles. The van der Waals surface area contributed by atoms with E-state index in [-0.39, 0.29) is 12.0 Å². The number of ether oxygens (including phenoxy) is 1. The maximum absolute atomic E-state index is 12.5. The van der Waals surface area contributed by atoms with E-state index >= 15 is 0 Å². The largest absolute Gasteiger partial charge is 0.481 e. The number of likely N-dealkylation sites (tertiary alicyclic amines) is 1. The number of nitrogens with zero attached hydrogens (tertiary/aromatic N) is 1. The summed E-state index contributed by atoms with van der Waals surface area (Å²) in [7, 11) is 0. The molecule has 1 saturated heterocycles. The summed E-state index contributed by atoms with van der Waals surface area (Å²) >= 11 is 0. The third kappa shape index (κ3) is 3.87. The molecule has 1 unspecified atom stereocenters. The molecule has 0 radical (unpaired) electrons. The Labute approximate surface area is 155 Å². The SMILES string of the molecule is CC(C)(C)OC(=O)N1CC(C(=O)O)C2(CCC(c3ccccc3)CC2)C1. The number of hydrogen-bond acceptors (Lipinski definition) is 3. The van der Waals surface area contributed by atoms with E-state index in [1.54, 1.807) is 4.90 Å². The predicted molar refractivity (Wildman–Crippen MR) is 99.0 cm³/mol. The third-order valence-corrected chi connectivity index (χ3v) is 5.85. The number of carbonyl (C=O) groups excluding carboxylic acids is 1. The van der Waals surface area contributed by atoms with E-state index in [0.29, 0.717) is 12.5 Å². The van der Waals surface area contributed by atoms with E-state index in [9.17, 15) is 14.7 Å².